The summed E-state index contributed by atoms with van der Waals surface area (Å²) in [6.45, 7) is 2.56. The van der Waals surface area contributed by atoms with Gasteiger partial charge in [-0.25, -0.2) is 0 Å². The summed E-state index contributed by atoms with van der Waals surface area (Å²) in [5.41, 5.74) is 8.23. The normalized spacial score (nSPS) is 20.5. The molecule has 38 heavy (non-hydrogen) atoms. The van der Waals surface area contributed by atoms with Gasteiger partial charge in [0.1, 0.15) is 0 Å². The maximum atomic E-state index is 13.5. The van der Waals surface area contributed by atoms with E-state index in [9.17, 15) is 9.59 Å². The molecule has 1 saturated heterocycles. The summed E-state index contributed by atoms with van der Waals surface area (Å²) in [6, 6.07) is 17.5. The maximum absolute atomic E-state index is 13.5. The predicted octanol–water partition coefficient (Wildman–Crippen LogP) is 3.49. The van der Waals surface area contributed by atoms with Gasteiger partial charge in [-0.15, -0.1) is 0 Å². The van der Waals surface area contributed by atoms with Crippen LogP contribution in [-0.4, -0.2) is 60.9 Å². The van der Waals surface area contributed by atoms with Gasteiger partial charge in [-0.05, 0) is 61.3 Å². The monoisotopic (exact) mass is 518 g/mol. The lowest BCUT2D eigenvalue weighted by Gasteiger charge is -2.30. The molecule has 0 unspecified atom stereocenters. The first-order valence-corrected chi connectivity index (χ1v) is 14.1. The van der Waals surface area contributed by atoms with Gasteiger partial charge >= 0.3 is 0 Å². The Morgan fingerprint density at radius 1 is 0.974 bits per heavy atom. The predicted molar refractivity (Wildman–Crippen MR) is 152 cm³/mol. The summed E-state index contributed by atoms with van der Waals surface area (Å²) in [4.78, 5) is 28.5. The minimum absolute atomic E-state index is 0.00798. The van der Waals surface area contributed by atoms with Crippen molar-refractivity contribution in [3.8, 4) is 11.1 Å². The van der Waals surface area contributed by atoms with E-state index in [4.69, 9.17) is 11.1 Å². The van der Waals surface area contributed by atoms with Crippen molar-refractivity contribution < 1.29 is 9.59 Å². The zero-order valence-corrected chi connectivity index (χ0v) is 22.3. The molecule has 2 atom stereocenters. The van der Waals surface area contributed by atoms with E-state index in [2.05, 4.69) is 33.0 Å². The van der Waals surface area contributed by atoms with Crippen LogP contribution in [-0.2, 0) is 4.79 Å². The topological polar surface area (TPSA) is 123 Å². The number of nitrogens with one attached hydrogen (secondary N) is 4. The van der Waals surface area contributed by atoms with Crippen molar-refractivity contribution in [3.63, 3.8) is 0 Å². The van der Waals surface area contributed by atoms with Gasteiger partial charge in [-0.2, -0.15) is 0 Å². The van der Waals surface area contributed by atoms with Crippen LogP contribution in [0, 0.1) is 11.3 Å². The Balaban J connectivity index is 1.34. The van der Waals surface area contributed by atoms with Gasteiger partial charge in [-0.1, -0.05) is 61.7 Å². The third-order valence-electron chi connectivity index (χ3n) is 7.75. The molecule has 4 rings (SSSR count). The van der Waals surface area contributed by atoms with E-state index < -0.39 is 0 Å². The van der Waals surface area contributed by atoms with Gasteiger partial charge in [-0.3, -0.25) is 15.0 Å². The van der Waals surface area contributed by atoms with E-state index in [-0.39, 0.29) is 29.9 Å². The second-order valence-electron chi connectivity index (χ2n) is 10.6. The number of hydrogen-bond donors (Lipinski definition) is 5. The van der Waals surface area contributed by atoms with E-state index in [1.807, 2.05) is 42.5 Å². The standard InChI is InChI=1S/C30H42N6O2/c31-30(32)33-18-7-12-27-29(38)36(21-22-8-3-1-4-9-22)19-17-26(35-27)20-34-28(37)25-15-13-24(14-16-25)23-10-5-2-6-11-23/h2,5-6,10-11,13-16,22,26-27,35H,1,3-4,7-9,12,17-21H2,(H,34,37)(H4,31,32,33)/t26-,27-/m0/s1. The van der Waals surface area contributed by atoms with Crippen LogP contribution in [0.5, 0.6) is 0 Å². The molecule has 1 aliphatic heterocycles. The molecule has 1 aliphatic carbocycles. The van der Waals surface area contributed by atoms with Crippen molar-refractivity contribution >= 4 is 17.8 Å². The highest BCUT2D eigenvalue weighted by molar-refractivity contribution is 5.94. The lowest BCUT2D eigenvalue weighted by molar-refractivity contribution is -0.133. The van der Waals surface area contributed by atoms with Crippen LogP contribution < -0.4 is 21.7 Å². The van der Waals surface area contributed by atoms with Crippen LogP contribution in [0.1, 0.15) is 61.7 Å². The SMILES string of the molecule is N=C(N)NCCC[C@@H]1N[C@H](CNC(=O)c2ccc(-c3ccccc3)cc2)CCN(CC2CCCCC2)C1=O. The molecule has 8 nitrogen and oxygen atoms in total. The first-order valence-electron chi connectivity index (χ1n) is 14.1. The molecule has 204 valence electrons. The van der Waals surface area contributed by atoms with Gasteiger partial charge in [0.15, 0.2) is 5.96 Å². The van der Waals surface area contributed by atoms with Crippen molar-refractivity contribution in [2.24, 2.45) is 11.7 Å². The average molecular weight is 519 g/mol. The smallest absolute Gasteiger partial charge is 0.251 e. The third kappa shape index (κ3) is 8.05. The third-order valence-corrected chi connectivity index (χ3v) is 7.75. The highest BCUT2D eigenvalue weighted by Gasteiger charge is 2.32. The molecular formula is C30H42N6O2. The van der Waals surface area contributed by atoms with E-state index >= 15 is 0 Å². The van der Waals surface area contributed by atoms with Crippen molar-refractivity contribution in [1.29, 1.82) is 5.41 Å². The number of guanidine groups is 1. The number of carbonyl (C=O) groups excluding carboxylic acids is 2. The average Bonchev–Trinajstić information content (AvgIpc) is 3.09. The molecule has 0 bridgehead atoms. The maximum Gasteiger partial charge on any atom is 0.251 e. The highest BCUT2D eigenvalue weighted by Crippen LogP contribution is 2.25. The molecule has 1 saturated carbocycles. The summed E-state index contributed by atoms with van der Waals surface area (Å²) >= 11 is 0. The van der Waals surface area contributed by atoms with Crippen LogP contribution in [0.15, 0.2) is 54.6 Å². The van der Waals surface area contributed by atoms with Crippen LogP contribution in [0.25, 0.3) is 11.1 Å². The van der Waals surface area contributed by atoms with Crippen molar-refractivity contribution in [1.82, 2.24) is 20.9 Å². The summed E-state index contributed by atoms with van der Waals surface area (Å²) in [5, 5.41) is 16.8. The molecular weight excluding hydrogens is 476 g/mol. The zero-order valence-electron chi connectivity index (χ0n) is 22.3. The molecule has 2 aromatic rings. The number of hydrogen-bond acceptors (Lipinski definition) is 4. The quantitative estimate of drug-likeness (QED) is 0.187. The van der Waals surface area contributed by atoms with E-state index in [0.717, 1.165) is 30.5 Å². The van der Waals surface area contributed by atoms with Gasteiger partial charge in [0.05, 0.1) is 6.04 Å². The number of amides is 2. The molecule has 6 N–H and O–H groups in total. The summed E-state index contributed by atoms with van der Waals surface area (Å²) in [6.07, 6.45) is 8.40. The van der Waals surface area contributed by atoms with Crippen LogP contribution in [0.2, 0.25) is 0 Å². The van der Waals surface area contributed by atoms with E-state index in [1.165, 1.54) is 32.1 Å². The lowest BCUT2D eigenvalue weighted by Crippen LogP contribution is -2.49. The van der Waals surface area contributed by atoms with Gasteiger partial charge < -0.3 is 26.6 Å². The first-order chi connectivity index (χ1) is 18.5. The van der Waals surface area contributed by atoms with Crippen LogP contribution in [0.3, 0.4) is 0 Å². The molecule has 2 fully saturated rings. The fourth-order valence-electron chi connectivity index (χ4n) is 5.60. The molecule has 0 radical (unpaired) electrons. The van der Waals surface area contributed by atoms with Gasteiger partial charge in [0.25, 0.3) is 5.91 Å². The minimum Gasteiger partial charge on any atom is -0.370 e. The Kier molecular flexibility index (Phi) is 10.1. The molecule has 0 spiro atoms. The Bertz CT molecular complexity index is 1050. The van der Waals surface area contributed by atoms with Crippen molar-refractivity contribution in [2.75, 3.05) is 26.2 Å². The zero-order chi connectivity index (χ0) is 26.7. The highest BCUT2D eigenvalue weighted by atomic mass is 16.2. The van der Waals surface area contributed by atoms with E-state index in [1.54, 1.807) is 0 Å². The fourth-order valence-corrected chi connectivity index (χ4v) is 5.60. The number of nitrogens with two attached hydrogens (primary N) is 1. The second kappa shape index (κ2) is 14.0. The number of nitrogens with zero attached hydrogens (tertiary/aromatic N) is 1. The Morgan fingerprint density at radius 2 is 1.68 bits per heavy atom. The molecule has 2 aliphatic rings. The number of benzene rings is 2. The molecule has 2 amide bonds. The lowest BCUT2D eigenvalue weighted by atomic mass is 9.89. The Labute approximate surface area is 226 Å². The summed E-state index contributed by atoms with van der Waals surface area (Å²) in [5.74, 6) is 0.580. The fraction of sp³-hybridized carbons (Fsp3) is 0.500. The van der Waals surface area contributed by atoms with Crippen LogP contribution >= 0.6 is 0 Å². The molecule has 2 aromatic carbocycles. The molecule has 1 heterocycles. The van der Waals surface area contributed by atoms with Crippen LogP contribution in [0.4, 0.5) is 0 Å². The molecule has 8 heteroatoms. The summed E-state index contributed by atoms with van der Waals surface area (Å²) < 4.78 is 0. The number of carbonyl (C=O) groups is 2. The summed E-state index contributed by atoms with van der Waals surface area (Å²) in [7, 11) is 0. The Hall–Kier alpha value is -3.39. The van der Waals surface area contributed by atoms with Gasteiger partial charge in [0.2, 0.25) is 5.91 Å². The van der Waals surface area contributed by atoms with E-state index in [0.29, 0.717) is 37.5 Å². The first kappa shape index (κ1) is 27.6. The Morgan fingerprint density at radius 3 is 2.39 bits per heavy atom. The van der Waals surface area contributed by atoms with Crippen molar-refractivity contribution in [2.45, 2.75) is 63.5 Å². The second-order valence-corrected chi connectivity index (χ2v) is 10.6. The number of rotatable bonds is 10. The molecule has 0 aromatic heterocycles. The largest absolute Gasteiger partial charge is 0.370 e. The van der Waals surface area contributed by atoms with Gasteiger partial charge in [0, 0.05) is 37.8 Å². The van der Waals surface area contributed by atoms with Crippen molar-refractivity contribution in [3.05, 3.63) is 60.2 Å². The minimum atomic E-state index is -0.304.